The topological polar surface area (TPSA) is 38.1 Å². The number of aromatic nitrogens is 2. The Hall–Kier alpha value is -1.46. The molecular weight excluding hydrogens is 342 g/mol. The molecule has 3 rings (SSSR count). The van der Waals surface area contributed by atoms with E-state index in [4.69, 9.17) is 11.6 Å². The minimum atomic E-state index is 0.174. The average Bonchev–Trinajstić information content (AvgIpc) is 3.08. The molecule has 0 atom stereocenters. The van der Waals surface area contributed by atoms with E-state index in [0.717, 1.165) is 23.7 Å². The SMILES string of the molecule is CN(C(=O)CSc1nccn1-c1cccc(Cl)c1)C1CCCCC1. The molecule has 1 saturated carbocycles. The van der Waals surface area contributed by atoms with E-state index in [2.05, 4.69) is 4.98 Å². The number of halogens is 1. The van der Waals surface area contributed by atoms with E-state index in [1.54, 1.807) is 6.20 Å². The highest BCUT2D eigenvalue weighted by atomic mass is 35.5. The molecule has 1 aliphatic carbocycles. The van der Waals surface area contributed by atoms with Crippen molar-refractivity contribution < 1.29 is 4.79 Å². The van der Waals surface area contributed by atoms with Gasteiger partial charge in [-0.2, -0.15) is 0 Å². The van der Waals surface area contributed by atoms with Crippen LogP contribution in [0, 0.1) is 0 Å². The van der Waals surface area contributed by atoms with Crippen molar-refractivity contribution in [1.82, 2.24) is 14.5 Å². The van der Waals surface area contributed by atoms with Crippen molar-refractivity contribution in [2.24, 2.45) is 0 Å². The van der Waals surface area contributed by atoms with Gasteiger partial charge < -0.3 is 4.90 Å². The molecule has 2 aromatic rings. The van der Waals surface area contributed by atoms with Gasteiger partial charge in [-0.15, -0.1) is 0 Å². The maximum atomic E-state index is 12.5. The van der Waals surface area contributed by atoms with Gasteiger partial charge >= 0.3 is 0 Å². The standard InChI is InChI=1S/C18H22ClN3OS/c1-21(15-7-3-2-4-8-15)17(23)13-24-18-20-10-11-22(18)16-9-5-6-14(19)12-16/h5-6,9-12,15H,2-4,7-8,13H2,1H3. The van der Waals surface area contributed by atoms with Gasteiger partial charge in [-0.1, -0.05) is 48.7 Å². The minimum absolute atomic E-state index is 0.174. The van der Waals surface area contributed by atoms with Crippen LogP contribution in [0.3, 0.4) is 0 Å². The Bertz CT molecular complexity index is 697. The first-order chi connectivity index (χ1) is 11.6. The lowest BCUT2D eigenvalue weighted by Crippen LogP contribution is -2.39. The zero-order valence-corrected chi connectivity index (χ0v) is 15.4. The number of nitrogens with zero attached hydrogens (tertiary/aromatic N) is 3. The second kappa shape index (κ2) is 8.08. The predicted octanol–water partition coefficient (Wildman–Crippen LogP) is 4.41. The molecule has 1 heterocycles. The Kier molecular flexibility index (Phi) is 5.85. The smallest absolute Gasteiger partial charge is 0.233 e. The van der Waals surface area contributed by atoms with Gasteiger partial charge in [0.05, 0.1) is 5.75 Å². The normalized spacial score (nSPS) is 15.4. The van der Waals surface area contributed by atoms with Crippen molar-refractivity contribution in [1.29, 1.82) is 0 Å². The fourth-order valence-electron chi connectivity index (χ4n) is 3.12. The van der Waals surface area contributed by atoms with Gasteiger partial charge in [-0.3, -0.25) is 9.36 Å². The highest BCUT2D eigenvalue weighted by molar-refractivity contribution is 7.99. The highest BCUT2D eigenvalue weighted by Crippen LogP contribution is 2.25. The zero-order chi connectivity index (χ0) is 16.9. The van der Waals surface area contributed by atoms with Gasteiger partial charge in [0, 0.05) is 36.2 Å². The molecule has 1 aromatic heterocycles. The summed E-state index contributed by atoms with van der Waals surface area (Å²) in [6.07, 6.45) is 9.66. The van der Waals surface area contributed by atoms with Crippen molar-refractivity contribution in [2.45, 2.75) is 43.3 Å². The summed E-state index contributed by atoms with van der Waals surface area (Å²) in [5.74, 6) is 0.581. The molecular formula is C18H22ClN3OS. The summed E-state index contributed by atoms with van der Waals surface area (Å²) in [7, 11) is 1.93. The fourth-order valence-corrected chi connectivity index (χ4v) is 4.20. The summed E-state index contributed by atoms with van der Waals surface area (Å²) in [6, 6.07) is 8.03. The Balaban J connectivity index is 1.63. The summed E-state index contributed by atoms with van der Waals surface area (Å²) >= 11 is 7.54. The third-order valence-electron chi connectivity index (χ3n) is 4.53. The third kappa shape index (κ3) is 4.14. The number of carbonyl (C=O) groups is 1. The van der Waals surface area contributed by atoms with Crippen LogP contribution in [0.1, 0.15) is 32.1 Å². The molecule has 1 fully saturated rings. The summed E-state index contributed by atoms with van der Waals surface area (Å²) in [5, 5.41) is 1.49. The summed E-state index contributed by atoms with van der Waals surface area (Å²) in [6.45, 7) is 0. The Labute approximate surface area is 152 Å². The summed E-state index contributed by atoms with van der Waals surface area (Å²) in [4.78, 5) is 18.8. The van der Waals surface area contributed by atoms with E-state index in [1.165, 1.54) is 31.0 Å². The van der Waals surface area contributed by atoms with Gasteiger partial charge in [-0.25, -0.2) is 4.98 Å². The molecule has 0 unspecified atom stereocenters. The van der Waals surface area contributed by atoms with Crippen molar-refractivity contribution >= 4 is 29.3 Å². The summed E-state index contributed by atoms with van der Waals surface area (Å²) < 4.78 is 1.96. The number of rotatable bonds is 5. The Morgan fingerprint density at radius 3 is 2.92 bits per heavy atom. The van der Waals surface area contributed by atoms with Crippen LogP contribution >= 0.6 is 23.4 Å². The lowest BCUT2D eigenvalue weighted by molar-refractivity contribution is -0.129. The molecule has 1 aliphatic rings. The molecule has 4 nitrogen and oxygen atoms in total. The van der Waals surface area contributed by atoms with Crippen LogP contribution in [0.25, 0.3) is 5.69 Å². The molecule has 24 heavy (non-hydrogen) atoms. The average molecular weight is 364 g/mol. The minimum Gasteiger partial charge on any atom is -0.342 e. The number of benzene rings is 1. The first-order valence-electron chi connectivity index (χ1n) is 8.33. The molecule has 1 amide bonds. The second-order valence-electron chi connectivity index (χ2n) is 6.14. The molecule has 128 valence electrons. The first-order valence-corrected chi connectivity index (χ1v) is 9.69. The van der Waals surface area contributed by atoms with Crippen molar-refractivity contribution in [2.75, 3.05) is 12.8 Å². The molecule has 0 N–H and O–H groups in total. The van der Waals surface area contributed by atoms with Gasteiger partial charge in [-0.05, 0) is 31.0 Å². The second-order valence-corrected chi connectivity index (χ2v) is 7.52. The van der Waals surface area contributed by atoms with Gasteiger partial charge in [0.25, 0.3) is 0 Å². The lowest BCUT2D eigenvalue weighted by Gasteiger charge is -2.31. The van der Waals surface area contributed by atoms with Crippen molar-refractivity contribution in [3.05, 3.63) is 41.7 Å². The van der Waals surface area contributed by atoms with Crippen molar-refractivity contribution in [3.63, 3.8) is 0 Å². The number of amides is 1. The van der Waals surface area contributed by atoms with Crippen LogP contribution < -0.4 is 0 Å². The van der Waals surface area contributed by atoms with E-state index >= 15 is 0 Å². The number of thioether (sulfide) groups is 1. The van der Waals surface area contributed by atoms with E-state index in [9.17, 15) is 4.79 Å². The maximum Gasteiger partial charge on any atom is 0.233 e. The molecule has 0 bridgehead atoms. The largest absolute Gasteiger partial charge is 0.342 e. The van der Waals surface area contributed by atoms with Gasteiger partial charge in [0.15, 0.2) is 5.16 Å². The number of hydrogen-bond acceptors (Lipinski definition) is 3. The van der Waals surface area contributed by atoms with E-state index in [1.807, 2.05) is 47.0 Å². The zero-order valence-electron chi connectivity index (χ0n) is 13.8. The molecule has 0 radical (unpaired) electrons. The number of carbonyl (C=O) groups excluding carboxylic acids is 1. The van der Waals surface area contributed by atoms with E-state index in [-0.39, 0.29) is 5.91 Å². The van der Waals surface area contributed by atoms with Crippen LogP contribution in [0.5, 0.6) is 0 Å². The number of imidazole rings is 1. The van der Waals surface area contributed by atoms with Crippen LogP contribution in [-0.2, 0) is 4.79 Å². The Morgan fingerprint density at radius 1 is 1.38 bits per heavy atom. The van der Waals surface area contributed by atoms with Crippen LogP contribution in [0.2, 0.25) is 5.02 Å². The molecule has 6 heteroatoms. The van der Waals surface area contributed by atoms with Crippen LogP contribution in [0.15, 0.2) is 41.8 Å². The van der Waals surface area contributed by atoms with Crippen LogP contribution in [0.4, 0.5) is 0 Å². The summed E-state index contributed by atoms with van der Waals surface area (Å²) in [5.41, 5.74) is 0.954. The lowest BCUT2D eigenvalue weighted by atomic mass is 9.94. The highest BCUT2D eigenvalue weighted by Gasteiger charge is 2.22. The molecule has 0 saturated heterocycles. The third-order valence-corrected chi connectivity index (χ3v) is 5.72. The van der Waals surface area contributed by atoms with Crippen LogP contribution in [-0.4, -0.2) is 39.2 Å². The molecule has 1 aromatic carbocycles. The molecule has 0 aliphatic heterocycles. The van der Waals surface area contributed by atoms with E-state index < -0.39 is 0 Å². The van der Waals surface area contributed by atoms with Gasteiger partial charge in [0.1, 0.15) is 0 Å². The van der Waals surface area contributed by atoms with Crippen molar-refractivity contribution in [3.8, 4) is 5.69 Å². The Morgan fingerprint density at radius 2 is 2.17 bits per heavy atom. The fraction of sp³-hybridized carbons (Fsp3) is 0.444. The molecule has 0 spiro atoms. The monoisotopic (exact) mass is 363 g/mol. The quantitative estimate of drug-likeness (QED) is 0.738. The number of hydrogen-bond donors (Lipinski definition) is 0. The first kappa shape index (κ1) is 17.4. The predicted molar refractivity (Wildman–Crippen MR) is 98.9 cm³/mol. The van der Waals surface area contributed by atoms with Gasteiger partial charge in [0.2, 0.25) is 5.91 Å². The maximum absolute atomic E-state index is 12.5. The van der Waals surface area contributed by atoms with E-state index in [0.29, 0.717) is 16.8 Å².